The first-order valence-electron chi connectivity index (χ1n) is 8.88. The summed E-state index contributed by atoms with van der Waals surface area (Å²) in [4.78, 5) is 18.8. The lowest BCUT2D eigenvalue weighted by atomic mass is 9.99. The summed E-state index contributed by atoms with van der Waals surface area (Å²) in [5.41, 5.74) is 3.38. The van der Waals surface area contributed by atoms with Crippen molar-refractivity contribution in [1.82, 2.24) is 4.90 Å². The normalized spacial score (nSPS) is 24.7. The molecule has 0 radical (unpaired) electrons. The van der Waals surface area contributed by atoms with Gasteiger partial charge in [0.05, 0.1) is 12.8 Å². The number of benzene rings is 1. The van der Waals surface area contributed by atoms with Crippen LogP contribution in [-0.2, 0) is 11.2 Å². The Balaban J connectivity index is 2.01. The molecule has 1 fully saturated rings. The summed E-state index contributed by atoms with van der Waals surface area (Å²) in [6, 6.07) is 5.27. The zero-order valence-corrected chi connectivity index (χ0v) is 15.5. The van der Waals surface area contributed by atoms with Gasteiger partial charge in [0, 0.05) is 44.3 Å². The van der Waals surface area contributed by atoms with Gasteiger partial charge in [0.2, 0.25) is 5.91 Å². The molecule has 5 nitrogen and oxygen atoms in total. The quantitative estimate of drug-likeness (QED) is 0.834. The van der Waals surface area contributed by atoms with Crippen LogP contribution < -0.4 is 14.5 Å². The summed E-state index contributed by atoms with van der Waals surface area (Å²) in [6.45, 7) is 8.92. The van der Waals surface area contributed by atoms with Crippen LogP contribution in [0.4, 0.5) is 11.4 Å². The fourth-order valence-corrected chi connectivity index (χ4v) is 3.94. The third-order valence-electron chi connectivity index (χ3n) is 5.58. The molecule has 0 N–H and O–H groups in total. The van der Waals surface area contributed by atoms with E-state index in [1.165, 1.54) is 5.56 Å². The van der Waals surface area contributed by atoms with Gasteiger partial charge in [-0.2, -0.15) is 0 Å². The Hall–Kier alpha value is -1.75. The number of aryl methyl sites for hydroxylation is 1. The third kappa shape index (κ3) is 2.97. The first-order valence-corrected chi connectivity index (χ1v) is 8.88. The number of fused-ring (bicyclic) bond motifs is 1. The van der Waals surface area contributed by atoms with Crippen molar-refractivity contribution in [1.29, 1.82) is 0 Å². The molecule has 1 aromatic carbocycles. The molecular formula is C19H29N3O2. The number of rotatable bonds is 2. The number of hydrogen-bond acceptors (Lipinski definition) is 4. The number of amides is 1. The van der Waals surface area contributed by atoms with Gasteiger partial charge in [-0.05, 0) is 51.4 Å². The number of nitrogens with zero attached hydrogens (tertiary/aromatic N) is 3. The number of hydrogen-bond donors (Lipinski definition) is 0. The Kier molecular flexibility index (Phi) is 4.72. The SMILES string of the molecule is COc1cc2c(cc1N1CC(C)N(C)C(C)C1)N(C(C)=O)CCC2. The van der Waals surface area contributed by atoms with Gasteiger partial charge in [-0.15, -0.1) is 0 Å². The maximum atomic E-state index is 12.0. The lowest BCUT2D eigenvalue weighted by Gasteiger charge is -2.44. The predicted molar refractivity (Wildman–Crippen MR) is 98.2 cm³/mol. The van der Waals surface area contributed by atoms with Crippen molar-refractivity contribution in [2.24, 2.45) is 0 Å². The number of methoxy groups -OCH3 is 1. The average molecular weight is 331 g/mol. The highest BCUT2D eigenvalue weighted by atomic mass is 16.5. The molecule has 2 aliphatic rings. The van der Waals surface area contributed by atoms with Crippen LogP contribution in [0.3, 0.4) is 0 Å². The standard InChI is InChI=1S/C19H29N3O2/c1-13-11-21(12-14(2)20(13)4)18-10-17-16(9-19(18)24-5)7-6-8-22(17)15(3)23/h9-10,13-14H,6-8,11-12H2,1-5H3. The highest BCUT2D eigenvalue weighted by Gasteiger charge is 2.30. The lowest BCUT2D eigenvalue weighted by molar-refractivity contribution is -0.116. The van der Waals surface area contributed by atoms with Crippen LogP contribution in [0, 0.1) is 0 Å². The molecule has 0 aromatic heterocycles. The number of ether oxygens (including phenoxy) is 1. The van der Waals surface area contributed by atoms with Crippen LogP contribution in [0.5, 0.6) is 5.75 Å². The maximum Gasteiger partial charge on any atom is 0.223 e. The number of anilines is 2. The van der Waals surface area contributed by atoms with E-state index in [4.69, 9.17) is 4.74 Å². The monoisotopic (exact) mass is 331 g/mol. The second-order valence-electron chi connectivity index (χ2n) is 7.20. The topological polar surface area (TPSA) is 36.0 Å². The van der Waals surface area contributed by atoms with Gasteiger partial charge in [0.15, 0.2) is 0 Å². The third-order valence-corrected chi connectivity index (χ3v) is 5.58. The fourth-order valence-electron chi connectivity index (χ4n) is 3.94. The van der Waals surface area contributed by atoms with Crippen molar-refractivity contribution in [3.63, 3.8) is 0 Å². The smallest absolute Gasteiger partial charge is 0.223 e. The van der Waals surface area contributed by atoms with Crippen LogP contribution >= 0.6 is 0 Å². The van der Waals surface area contributed by atoms with Crippen LogP contribution in [0.25, 0.3) is 0 Å². The van der Waals surface area contributed by atoms with E-state index in [0.717, 1.165) is 49.6 Å². The largest absolute Gasteiger partial charge is 0.495 e. The first-order chi connectivity index (χ1) is 11.4. The molecule has 2 atom stereocenters. The predicted octanol–water partition coefficient (Wildman–Crippen LogP) is 2.52. The molecule has 0 spiro atoms. The van der Waals surface area contributed by atoms with Crippen molar-refractivity contribution < 1.29 is 9.53 Å². The minimum atomic E-state index is 0.118. The summed E-state index contributed by atoms with van der Waals surface area (Å²) < 4.78 is 5.70. The molecule has 0 bridgehead atoms. The van der Waals surface area contributed by atoms with Crippen LogP contribution in [-0.4, -0.2) is 56.7 Å². The molecule has 24 heavy (non-hydrogen) atoms. The van der Waals surface area contributed by atoms with E-state index in [0.29, 0.717) is 12.1 Å². The molecule has 1 amide bonds. The zero-order chi connectivity index (χ0) is 17.4. The Morgan fingerprint density at radius 1 is 1.17 bits per heavy atom. The van der Waals surface area contributed by atoms with E-state index >= 15 is 0 Å². The van der Waals surface area contributed by atoms with Crippen molar-refractivity contribution in [3.8, 4) is 5.75 Å². The van der Waals surface area contributed by atoms with Crippen molar-refractivity contribution >= 4 is 17.3 Å². The van der Waals surface area contributed by atoms with E-state index in [1.807, 2.05) is 4.90 Å². The van der Waals surface area contributed by atoms with Crippen LogP contribution in [0.15, 0.2) is 12.1 Å². The second kappa shape index (κ2) is 6.63. The summed E-state index contributed by atoms with van der Waals surface area (Å²) in [6.07, 6.45) is 2.02. The molecule has 1 aromatic rings. The summed E-state index contributed by atoms with van der Waals surface area (Å²) >= 11 is 0. The van der Waals surface area contributed by atoms with Gasteiger partial charge in [0.1, 0.15) is 5.75 Å². The van der Waals surface area contributed by atoms with Gasteiger partial charge < -0.3 is 14.5 Å². The molecule has 5 heteroatoms. The molecule has 0 saturated carbocycles. The van der Waals surface area contributed by atoms with Crippen LogP contribution in [0.2, 0.25) is 0 Å². The molecule has 3 rings (SSSR count). The van der Waals surface area contributed by atoms with Gasteiger partial charge in [-0.3, -0.25) is 9.69 Å². The molecule has 132 valence electrons. The highest BCUT2D eigenvalue weighted by Crippen LogP contribution is 2.39. The van der Waals surface area contributed by atoms with E-state index in [9.17, 15) is 4.79 Å². The van der Waals surface area contributed by atoms with Gasteiger partial charge in [0.25, 0.3) is 0 Å². The number of likely N-dealkylation sites (N-methyl/N-ethyl adjacent to an activating group) is 1. The lowest BCUT2D eigenvalue weighted by Crippen LogP contribution is -2.55. The minimum absolute atomic E-state index is 0.118. The molecule has 2 aliphatic heterocycles. The molecule has 1 saturated heterocycles. The average Bonchev–Trinajstić information content (AvgIpc) is 2.57. The molecular weight excluding hydrogens is 302 g/mol. The van der Waals surface area contributed by atoms with E-state index in [-0.39, 0.29) is 5.91 Å². The highest BCUT2D eigenvalue weighted by molar-refractivity contribution is 5.94. The molecule has 0 aliphatic carbocycles. The second-order valence-corrected chi connectivity index (χ2v) is 7.20. The number of piperazine rings is 1. The Labute approximate surface area is 145 Å². The van der Waals surface area contributed by atoms with E-state index in [1.54, 1.807) is 14.0 Å². The van der Waals surface area contributed by atoms with E-state index < -0.39 is 0 Å². The maximum absolute atomic E-state index is 12.0. The van der Waals surface area contributed by atoms with Crippen molar-refractivity contribution in [2.45, 2.75) is 45.7 Å². The Morgan fingerprint density at radius 3 is 2.42 bits per heavy atom. The summed E-state index contributed by atoms with van der Waals surface area (Å²) in [5, 5.41) is 0. The summed E-state index contributed by atoms with van der Waals surface area (Å²) in [5.74, 6) is 1.04. The van der Waals surface area contributed by atoms with Crippen molar-refractivity contribution in [3.05, 3.63) is 17.7 Å². The minimum Gasteiger partial charge on any atom is -0.495 e. The first kappa shape index (κ1) is 17.1. The van der Waals surface area contributed by atoms with Gasteiger partial charge >= 0.3 is 0 Å². The van der Waals surface area contributed by atoms with Crippen molar-refractivity contribution in [2.75, 3.05) is 43.6 Å². The number of carbonyl (C=O) groups is 1. The fraction of sp³-hybridized carbons (Fsp3) is 0.632. The Bertz CT molecular complexity index is 619. The summed E-state index contributed by atoms with van der Waals surface area (Å²) in [7, 11) is 3.92. The van der Waals surface area contributed by atoms with E-state index in [2.05, 4.69) is 42.8 Å². The van der Waals surface area contributed by atoms with Gasteiger partial charge in [-0.1, -0.05) is 0 Å². The number of carbonyl (C=O) groups excluding carboxylic acids is 1. The van der Waals surface area contributed by atoms with Gasteiger partial charge in [-0.25, -0.2) is 0 Å². The Morgan fingerprint density at radius 2 is 1.83 bits per heavy atom. The molecule has 2 unspecified atom stereocenters. The molecule has 2 heterocycles. The zero-order valence-electron chi connectivity index (χ0n) is 15.5. The van der Waals surface area contributed by atoms with Crippen LogP contribution in [0.1, 0.15) is 32.8 Å².